The summed E-state index contributed by atoms with van der Waals surface area (Å²) < 4.78 is 0.724. The van der Waals surface area contributed by atoms with Crippen molar-refractivity contribution in [2.45, 2.75) is 13.0 Å². The standard InChI is InChI=1S/C10H11ClN4S/c1-6-4-13-10(14-5-6)9(15-12)7-2-3-8(11)16-7/h2-5,9,15H,12H2,1H3. The van der Waals surface area contributed by atoms with Gasteiger partial charge in [-0.1, -0.05) is 11.6 Å². The number of hydrogen-bond acceptors (Lipinski definition) is 5. The van der Waals surface area contributed by atoms with Gasteiger partial charge in [-0.25, -0.2) is 15.4 Å². The van der Waals surface area contributed by atoms with Crippen molar-refractivity contribution in [3.63, 3.8) is 0 Å². The molecule has 0 saturated carbocycles. The highest BCUT2D eigenvalue weighted by Gasteiger charge is 2.16. The fourth-order valence-electron chi connectivity index (χ4n) is 1.32. The molecule has 0 fully saturated rings. The molecule has 2 aromatic heterocycles. The predicted octanol–water partition coefficient (Wildman–Crippen LogP) is 2.05. The van der Waals surface area contributed by atoms with Crippen molar-refractivity contribution in [2.24, 2.45) is 5.84 Å². The van der Waals surface area contributed by atoms with Gasteiger partial charge >= 0.3 is 0 Å². The zero-order chi connectivity index (χ0) is 11.5. The molecule has 0 saturated heterocycles. The molecule has 0 amide bonds. The minimum Gasteiger partial charge on any atom is -0.270 e. The van der Waals surface area contributed by atoms with Crippen LogP contribution in [0.15, 0.2) is 24.5 Å². The summed E-state index contributed by atoms with van der Waals surface area (Å²) in [5, 5.41) is 0. The van der Waals surface area contributed by atoms with Crippen LogP contribution in [0.2, 0.25) is 4.34 Å². The molecule has 0 aliphatic heterocycles. The summed E-state index contributed by atoms with van der Waals surface area (Å²) in [6, 6.07) is 3.54. The van der Waals surface area contributed by atoms with Crippen LogP contribution in [-0.2, 0) is 0 Å². The average molecular weight is 255 g/mol. The molecule has 4 nitrogen and oxygen atoms in total. The minimum atomic E-state index is -0.210. The Morgan fingerprint density at radius 2 is 2.06 bits per heavy atom. The van der Waals surface area contributed by atoms with Crippen LogP contribution < -0.4 is 11.3 Å². The summed E-state index contributed by atoms with van der Waals surface area (Å²) in [4.78, 5) is 9.49. The summed E-state index contributed by atoms with van der Waals surface area (Å²) >= 11 is 7.35. The molecule has 3 N–H and O–H groups in total. The summed E-state index contributed by atoms with van der Waals surface area (Å²) in [5.41, 5.74) is 3.71. The lowest BCUT2D eigenvalue weighted by molar-refractivity contribution is 0.609. The van der Waals surface area contributed by atoms with Gasteiger partial charge in [0.1, 0.15) is 6.04 Å². The smallest absolute Gasteiger partial charge is 0.151 e. The fourth-order valence-corrected chi connectivity index (χ4v) is 2.44. The maximum absolute atomic E-state index is 5.88. The van der Waals surface area contributed by atoms with E-state index < -0.39 is 0 Å². The maximum atomic E-state index is 5.88. The van der Waals surface area contributed by atoms with E-state index in [0.29, 0.717) is 5.82 Å². The van der Waals surface area contributed by atoms with Crippen LogP contribution in [0.5, 0.6) is 0 Å². The van der Waals surface area contributed by atoms with Crippen LogP contribution in [0.1, 0.15) is 22.3 Å². The molecule has 0 radical (unpaired) electrons. The lowest BCUT2D eigenvalue weighted by Crippen LogP contribution is -2.29. The minimum absolute atomic E-state index is 0.210. The normalized spacial score (nSPS) is 12.7. The number of halogens is 1. The first kappa shape index (κ1) is 11.5. The molecule has 1 atom stereocenters. The molecule has 2 heterocycles. The van der Waals surface area contributed by atoms with Gasteiger partial charge in [0.2, 0.25) is 0 Å². The van der Waals surface area contributed by atoms with E-state index in [0.717, 1.165) is 14.8 Å². The number of hydrogen-bond donors (Lipinski definition) is 2. The number of nitrogens with zero attached hydrogens (tertiary/aromatic N) is 2. The molecular weight excluding hydrogens is 244 g/mol. The van der Waals surface area contributed by atoms with E-state index in [1.165, 1.54) is 11.3 Å². The van der Waals surface area contributed by atoms with Crippen molar-refractivity contribution in [3.05, 3.63) is 45.1 Å². The number of thiophene rings is 1. The van der Waals surface area contributed by atoms with Crippen LogP contribution in [0, 0.1) is 6.92 Å². The Morgan fingerprint density at radius 1 is 1.38 bits per heavy atom. The van der Waals surface area contributed by atoms with Gasteiger partial charge < -0.3 is 0 Å². The van der Waals surface area contributed by atoms with Gasteiger partial charge in [0.15, 0.2) is 5.82 Å². The van der Waals surface area contributed by atoms with E-state index in [-0.39, 0.29) is 6.04 Å². The maximum Gasteiger partial charge on any atom is 0.151 e. The third kappa shape index (κ3) is 2.38. The zero-order valence-corrected chi connectivity index (χ0v) is 10.2. The van der Waals surface area contributed by atoms with E-state index in [2.05, 4.69) is 15.4 Å². The number of aryl methyl sites for hydroxylation is 1. The van der Waals surface area contributed by atoms with E-state index in [1.54, 1.807) is 12.4 Å². The van der Waals surface area contributed by atoms with Gasteiger partial charge in [-0.05, 0) is 24.6 Å². The summed E-state index contributed by atoms with van der Waals surface area (Å²) in [7, 11) is 0. The second-order valence-corrected chi connectivity index (χ2v) is 5.11. The second kappa shape index (κ2) is 4.88. The number of rotatable bonds is 3. The number of aromatic nitrogens is 2. The van der Waals surface area contributed by atoms with Crippen molar-refractivity contribution >= 4 is 22.9 Å². The molecule has 0 spiro atoms. The van der Waals surface area contributed by atoms with Crippen molar-refractivity contribution in [3.8, 4) is 0 Å². The van der Waals surface area contributed by atoms with Crippen LogP contribution in [0.25, 0.3) is 0 Å². The first-order valence-electron chi connectivity index (χ1n) is 4.70. The van der Waals surface area contributed by atoms with Crippen molar-refractivity contribution in [1.82, 2.24) is 15.4 Å². The number of hydrazine groups is 1. The number of nitrogens with two attached hydrogens (primary N) is 1. The molecule has 0 bridgehead atoms. The second-order valence-electron chi connectivity index (χ2n) is 3.36. The molecule has 0 aliphatic rings. The van der Waals surface area contributed by atoms with Gasteiger partial charge in [-0.2, -0.15) is 0 Å². The van der Waals surface area contributed by atoms with E-state index >= 15 is 0 Å². The molecule has 6 heteroatoms. The SMILES string of the molecule is Cc1cnc(C(NN)c2ccc(Cl)s2)nc1. The third-order valence-corrected chi connectivity index (χ3v) is 3.40. The van der Waals surface area contributed by atoms with Gasteiger partial charge in [0, 0.05) is 17.3 Å². The lowest BCUT2D eigenvalue weighted by atomic mass is 10.2. The first-order valence-corrected chi connectivity index (χ1v) is 5.90. The van der Waals surface area contributed by atoms with Gasteiger partial charge in [0.05, 0.1) is 4.34 Å². The molecule has 84 valence electrons. The van der Waals surface area contributed by atoms with Crippen LogP contribution in [-0.4, -0.2) is 9.97 Å². The van der Waals surface area contributed by atoms with E-state index in [4.69, 9.17) is 17.4 Å². The van der Waals surface area contributed by atoms with Crippen LogP contribution in [0.4, 0.5) is 0 Å². The quantitative estimate of drug-likeness (QED) is 0.650. The van der Waals surface area contributed by atoms with Crippen LogP contribution >= 0.6 is 22.9 Å². The molecule has 0 aliphatic carbocycles. The average Bonchev–Trinajstić information content (AvgIpc) is 2.69. The molecule has 16 heavy (non-hydrogen) atoms. The van der Waals surface area contributed by atoms with Gasteiger partial charge in [-0.3, -0.25) is 5.84 Å². The first-order chi connectivity index (χ1) is 7.70. The van der Waals surface area contributed by atoms with Crippen LogP contribution in [0.3, 0.4) is 0 Å². The topological polar surface area (TPSA) is 63.8 Å². The van der Waals surface area contributed by atoms with E-state index in [9.17, 15) is 0 Å². The van der Waals surface area contributed by atoms with Crippen molar-refractivity contribution in [1.29, 1.82) is 0 Å². The largest absolute Gasteiger partial charge is 0.270 e. The predicted molar refractivity (Wildman–Crippen MR) is 65.3 cm³/mol. The Kier molecular flexibility index (Phi) is 3.50. The molecule has 2 aromatic rings. The fraction of sp³-hybridized carbons (Fsp3) is 0.200. The Labute approximate surface area is 102 Å². The van der Waals surface area contributed by atoms with Gasteiger partial charge in [-0.15, -0.1) is 11.3 Å². The lowest BCUT2D eigenvalue weighted by Gasteiger charge is -2.12. The number of nitrogens with one attached hydrogen (secondary N) is 1. The summed E-state index contributed by atoms with van der Waals surface area (Å²) in [6.45, 7) is 1.94. The highest BCUT2D eigenvalue weighted by molar-refractivity contribution is 7.16. The Bertz CT molecular complexity index is 468. The van der Waals surface area contributed by atoms with Crippen molar-refractivity contribution in [2.75, 3.05) is 0 Å². The third-order valence-electron chi connectivity index (χ3n) is 2.10. The zero-order valence-electron chi connectivity index (χ0n) is 8.64. The van der Waals surface area contributed by atoms with E-state index in [1.807, 2.05) is 19.1 Å². The Morgan fingerprint density at radius 3 is 2.56 bits per heavy atom. The highest BCUT2D eigenvalue weighted by atomic mass is 35.5. The monoisotopic (exact) mass is 254 g/mol. The van der Waals surface area contributed by atoms with Crippen molar-refractivity contribution < 1.29 is 0 Å². The molecular formula is C10H11ClN4S. The Hall–Kier alpha value is -1.01. The van der Waals surface area contributed by atoms with Gasteiger partial charge in [0.25, 0.3) is 0 Å². The Balaban J connectivity index is 2.32. The summed E-state index contributed by atoms with van der Waals surface area (Å²) in [5.74, 6) is 6.16. The highest BCUT2D eigenvalue weighted by Crippen LogP contribution is 2.28. The molecule has 2 rings (SSSR count). The molecule has 0 aromatic carbocycles. The summed E-state index contributed by atoms with van der Waals surface area (Å²) in [6.07, 6.45) is 3.53. The molecule has 1 unspecified atom stereocenters.